The molecule has 4 nitrogen and oxygen atoms in total. The molecule has 140 valence electrons. The number of amides is 1. The number of rotatable bonds is 4. The number of halogens is 1. The van der Waals surface area contributed by atoms with Crippen LogP contribution in [0.2, 0.25) is 5.02 Å². The fraction of sp³-hybridized carbons (Fsp3) is 0.130. The van der Waals surface area contributed by atoms with Crippen molar-refractivity contribution in [3.05, 3.63) is 83.4 Å². The lowest BCUT2D eigenvalue weighted by atomic mass is 10.1. The van der Waals surface area contributed by atoms with E-state index in [-0.39, 0.29) is 5.91 Å². The van der Waals surface area contributed by atoms with Gasteiger partial charge in [-0.25, -0.2) is 0 Å². The summed E-state index contributed by atoms with van der Waals surface area (Å²) < 4.78 is 1.77. The van der Waals surface area contributed by atoms with E-state index in [4.69, 9.17) is 16.7 Å². The number of carbonyl (C=O) groups excluding carboxylic acids is 1. The third-order valence-electron chi connectivity index (χ3n) is 4.86. The summed E-state index contributed by atoms with van der Waals surface area (Å²) in [7, 11) is 0. The van der Waals surface area contributed by atoms with Crippen LogP contribution < -0.4 is 5.32 Å². The molecule has 0 aliphatic carbocycles. The van der Waals surface area contributed by atoms with Crippen molar-refractivity contribution in [1.29, 1.82) is 0 Å². The van der Waals surface area contributed by atoms with Gasteiger partial charge < -0.3 is 5.32 Å². The van der Waals surface area contributed by atoms with Crippen molar-refractivity contribution in [3.8, 4) is 11.3 Å². The lowest BCUT2D eigenvalue weighted by molar-refractivity contribution is -0.118. The monoisotopic (exact) mass is 389 g/mol. The van der Waals surface area contributed by atoms with Crippen LogP contribution in [0.4, 0.5) is 5.69 Å². The van der Waals surface area contributed by atoms with Gasteiger partial charge in [0.25, 0.3) is 0 Å². The predicted molar refractivity (Wildman–Crippen MR) is 115 cm³/mol. The van der Waals surface area contributed by atoms with E-state index in [0.717, 1.165) is 33.4 Å². The largest absolute Gasteiger partial charge is 0.324 e. The van der Waals surface area contributed by atoms with Crippen molar-refractivity contribution < 1.29 is 4.79 Å². The molecule has 1 unspecified atom stereocenters. The number of benzene rings is 3. The second-order valence-corrected chi connectivity index (χ2v) is 7.24. The highest BCUT2D eigenvalue weighted by atomic mass is 35.5. The molecule has 1 aromatic heterocycles. The molecule has 4 rings (SSSR count). The minimum absolute atomic E-state index is 0.117. The second kappa shape index (κ2) is 7.49. The zero-order valence-corrected chi connectivity index (χ0v) is 16.4. The molecule has 4 aromatic rings. The molecule has 1 N–H and O–H groups in total. The van der Waals surface area contributed by atoms with Crippen LogP contribution in [-0.2, 0) is 4.79 Å². The molecule has 5 heteroatoms. The average molecular weight is 390 g/mol. The van der Waals surface area contributed by atoms with Gasteiger partial charge in [0, 0.05) is 21.7 Å². The maximum atomic E-state index is 12.9. The van der Waals surface area contributed by atoms with Crippen molar-refractivity contribution in [2.45, 2.75) is 19.9 Å². The minimum Gasteiger partial charge on any atom is -0.324 e. The van der Waals surface area contributed by atoms with Crippen LogP contribution in [0, 0.1) is 6.92 Å². The van der Waals surface area contributed by atoms with Crippen LogP contribution in [0.5, 0.6) is 0 Å². The lowest BCUT2D eigenvalue weighted by Gasteiger charge is -2.15. The fourth-order valence-electron chi connectivity index (χ4n) is 3.28. The zero-order valence-electron chi connectivity index (χ0n) is 15.7. The van der Waals surface area contributed by atoms with Crippen LogP contribution in [0.3, 0.4) is 0 Å². The van der Waals surface area contributed by atoms with Crippen LogP contribution >= 0.6 is 11.6 Å². The Bertz CT molecular complexity index is 1150. The van der Waals surface area contributed by atoms with Crippen molar-refractivity contribution in [2.24, 2.45) is 0 Å². The van der Waals surface area contributed by atoms with Gasteiger partial charge in [-0.1, -0.05) is 60.1 Å². The van der Waals surface area contributed by atoms with E-state index in [0.29, 0.717) is 5.02 Å². The Kier molecular flexibility index (Phi) is 4.88. The number of para-hydroxylation sites is 1. The van der Waals surface area contributed by atoms with Gasteiger partial charge in [0.05, 0.1) is 5.52 Å². The van der Waals surface area contributed by atoms with Crippen molar-refractivity contribution in [2.75, 3.05) is 5.32 Å². The molecule has 0 saturated heterocycles. The number of anilines is 1. The first kappa shape index (κ1) is 18.3. The summed E-state index contributed by atoms with van der Waals surface area (Å²) in [6.45, 7) is 3.82. The lowest BCUT2D eigenvalue weighted by Crippen LogP contribution is -2.24. The Morgan fingerprint density at radius 2 is 1.75 bits per heavy atom. The van der Waals surface area contributed by atoms with E-state index in [1.165, 1.54) is 0 Å². The van der Waals surface area contributed by atoms with E-state index in [1.54, 1.807) is 4.68 Å². The quantitative estimate of drug-likeness (QED) is 0.474. The number of nitrogens with one attached hydrogen (secondary N) is 1. The first-order chi connectivity index (χ1) is 13.5. The fourth-order valence-corrected chi connectivity index (χ4v) is 3.45. The van der Waals surface area contributed by atoms with Crippen molar-refractivity contribution in [3.63, 3.8) is 0 Å². The Balaban J connectivity index is 1.76. The summed E-state index contributed by atoms with van der Waals surface area (Å²) in [6.07, 6.45) is 0. The van der Waals surface area contributed by atoms with E-state index in [2.05, 4.69) is 5.32 Å². The third kappa shape index (κ3) is 3.39. The van der Waals surface area contributed by atoms with Gasteiger partial charge in [-0.15, -0.1) is 0 Å². The van der Waals surface area contributed by atoms with Gasteiger partial charge >= 0.3 is 0 Å². The summed E-state index contributed by atoms with van der Waals surface area (Å²) in [5.41, 5.74) is 4.50. The Labute approximate surface area is 168 Å². The van der Waals surface area contributed by atoms with Crippen LogP contribution in [0.1, 0.15) is 18.5 Å². The highest BCUT2D eigenvalue weighted by Crippen LogP contribution is 2.32. The van der Waals surface area contributed by atoms with Crippen LogP contribution in [0.25, 0.3) is 22.2 Å². The number of fused-ring (bicyclic) bond motifs is 1. The summed E-state index contributed by atoms with van der Waals surface area (Å²) in [6, 6.07) is 22.8. The van der Waals surface area contributed by atoms with Crippen LogP contribution in [-0.4, -0.2) is 15.7 Å². The molecule has 3 aromatic carbocycles. The number of carbonyl (C=O) groups is 1. The second-order valence-electron chi connectivity index (χ2n) is 6.80. The molecule has 28 heavy (non-hydrogen) atoms. The molecule has 1 heterocycles. The number of aromatic nitrogens is 2. The van der Waals surface area contributed by atoms with Gasteiger partial charge in [-0.05, 0) is 43.7 Å². The summed E-state index contributed by atoms with van der Waals surface area (Å²) in [5, 5.41) is 9.36. The van der Waals surface area contributed by atoms with Gasteiger partial charge in [-0.2, -0.15) is 5.10 Å². The summed E-state index contributed by atoms with van der Waals surface area (Å²) in [5.74, 6) is -0.117. The molecule has 0 radical (unpaired) electrons. The zero-order chi connectivity index (χ0) is 19.7. The van der Waals surface area contributed by atoms with E-state index in [1.807, 2.05) is 86.6 Å². The van der Waals surface area contributed by atoms with E-state index in [9.17, 15) is 4.79 Å². The van der Waals surface area contributed by atoms with Crippen molar-refractivity contribution in [1.82, 2.24) is 9.78 Å². The number of hydrogen-bond acceptors (Lipinski definition) is 2. The predicted octanol–water partition coefficient (Wildman–Crippen LogP) is 5.86. The topological polar surface area (TPSA) is 46.9 Å². The SMILES string of the molecule is Cc1ccccc1NC(=O)C(C)n1nc(-c2ccccc2)c2cc(Cl)ccc21. The standard InChI is InChI=1S/C23H20ClN3O/c1-15-8-6-7-11-20(15)25-23(28)16(2)27-21-13-12-18(24)14-19(21)22(26-27)17-9-4-3-5-10-17/h3-14,16H,1-2H3,(H,25,28). The first-order valence-corrected chi connectivity index (χ1v) is 9.52. The Morgan fingerprint density at radius 1 is 1.04 bits per heavy atom. The summed E-state index contributed by atoms with van der Waals surface area (Å²) >= 11 is 6.24. The molecular formula is C23H20ClN3O. The normalized spacial score (nSPS) is 12.1. The molecule has 0 aliphatic heterocycles. The Hall–Kier alpha value is -3.11. The van der Waals surface area contributed by atoms with Gasteiger partial charge in [0.2, 0.25) is 5.91 Å². The van der Waals surface area contributed by atoms with E-state index >= 15 is 0 Å². The number of aryl methyl sites for hydroxylation is 1. The Morgan fingerprint density at radius 3 is 2.50 bits per heavy atom. The molecule has 0 fully saturated rings. The molecule has 0 aliphatic rings. The highest BCUT2D eigenvalue weighted by molar-refractivity contribution is 6.31. The average Bonchev–Trinajstić information content (AvgIpc) is 3.08. The van der Waals surface area contributed by atoms with Gasteiger partial charge in [0.15, 0.2) is 0 Å². The molecule has 0 spiro atoms. The molecule has 0 saturated carbocycles. The summed E-state index contributed by atoms with van der Waals surface area (Å²) in [4.78, 5) is 12.9. The first-order valence-electron chi connectivity index (χ1n) is 9.14. The maximum Gasteiger partial charge on any atom is 0.248 e. The third-order valence-corrected chi connectivity index (χ3v) is 5.10. The van der Waals surface area contributed by atoms with Gasteiger partial charge in [-0.3, -0.25) is 9.48 Å². The number of nitrogens with zero attached hydrogens (tertiary/aromatic N) is 2. The number of hydrogen-bond donors (Lipinski definition) is 1. The van der Waals surface area contributed by atoms with E-state index < -0.39 is 6.04 Å². The smallest absolute Gasteiger partial charge is 0.248 e. The molecular weight excluding hydrogens is 370 g/mol. The molecule has 1 amide bonds. The molecule has 0 bridgehead atoms. The van der Waals surface area contributed by atoms with Crippen molar-refractivity contribution >= 4 is 34.1 Å². The van der Waals surface area contributed by atoms with Gasteiger partial charge in [0.1, 0.15) is 11.7 Å². The minimum atomic E-state index is -0.485. The molecule has 1 atom stereocenters. The highest BCUT2D eigenvalue weighted by Gasteiger charge is 2.21. The van der Waals surface area contributed by atoms with Crippen LogP contribution in [0.15, 0.2) is 72.8 Å². The maximum absolute atomic E-state index is 12.9.